The molecule has 11 heteroatoms. The third kappa shape index (κ3) is 5.74. The summed E-state index contributed by atoms with van der Waals surface area (Å²) < 4.78 is 7.58. The Labute approximate surface area is 187 Å². The van der Waals surface area contributed by atoms with Crippen LogP contribution in [0, 0.1) is 24.0 Å². The smallest absolute Gasteiger partial charge is 0.269 e. The van der Waals surface area contributed by atoms with E-state index in [2.05, 4.69) is 15.5 Å². The Morgan fingerprint density at radius 1 is 1.23 bits per heavy atom. The van der Waals surface area contributed by atoms with Crippen molar-refractivity contribution in [1.82, 2.24) is 14.8 Å². The largest absolute Gasteiger partial charge is 0.486 e. The van der Waals surface area contributed by atoms with Crippen LogP contribution < -0.4 is 10.1 Å². The normalized spacial score (nSPS) is 10.7. The molecule has 1 amide bonds. The third-order valence-corrected chi connectivity index (χ3v) is 6.01. The predicted molar refractivity (Wildman–Crippen MR) is 119 cm³/mol. The standard InChI is InChI=1S/C20H20ClN5O4S/c1-12-8-16(9-13(2)19(12)21)30-10-17-23-24-20(25(17)3)31-11-18(27)22-14-4-6-15(7-5-14)26(28)29/h4-9H,10-11H2,1-3H3,(H,22,27). The molecule has 0 fully saturated rings. The summed E-state index contributed by atoms with van der Waals surface area (Å²) in [6.07, 6.45) is 0. The summed E-state index contributed by atoms with van der Waals surface area (Å²) in [5, 5.41) is 22.9. The van der Waals surface area contributed by atoms with Gasteiger partial charge in [-0.05, 0) is 49.2 Å². The van der Waals surface area contributed by atoms with Gasteiger partial charge in [-0.2, -0.15) is 0 Å². The highest BCUT2D eigenvalue weighted by Crippen LogP contribution is 2.26. The van der Waals surface area contributed by atoms with Crippen LogP contribution in [0.25, 0.3) is 0 Å². The monoisotopic (exact) mass is 461 g/mol. The van der Waals surface area contributed by atoms with Gasteiger partial charge in [0.2, 0.25) is 5.91 Å². The molecular formula is C20H20ClN5O4S. The van der Waals surface area contributed by atoms with Gasteiger partial charge in [-0.1, -0.05) is 23.4 Å². The number of aromatic nitrogens is 3. The Kier molecular flexibility index (Phi) is 7.13. The second-order valence-electron chi connectivity index (χ2n) is 6.76. The Morgan fingerprint density at radius 2 is 1.87 bits per heavy atom. The van der Waals surface area contributed by atoms with Crippen molar-refractivity contribution in [2.75, 3.05) is 11.1 Å². The van der Waals surface area contributed by atoms with Gasteiger partial charge in [0.25, 0.3) is 5.69 Å². The minimum atomic E-state index is -0.494. The molecule has 0 saturated heterocycles. The average molecular weight is 462 g/mol. The molecule has 0 atom stereocenters. The average Bonchev–Trinajstić information content (AvgIpc) is 3.08. The number of benzene rings is 2. The number of thioether (sulfide) groups is 1. The highest BCUT2D eigenvalue weighted by atomic mass is 35.5. The van der Waals surface area contributed by atoms with E-state index in [1.165, 1.54) is 36.0 Å². The quantitative estimate of drug-likeness (QED) is 0.302. The zero-order valence-electron chi connectivity index (χ0n) is 17.1. The summed E-state index contributed by atoms with van der Waals surface area (Å²) in [7, 11) is 1.80. The molecule has 0 radical (unpaired) electrons. The summed E-state index contributed by atoms with van der Waals surface area (Å²) in [4.78, 5) is 22.4. The van der Waals surface area contributed by atoms with Crippen LogP contribution in [0.1, 0.15) is 17.0 Å². The summed E-state index contributed by atoms with van der Waals surface area (Å²) in [6.45, 7) is 4.06. The maximum Gasteiger partial charge on any atom is 0.269 e. The van der Waals surface area contributed by atoms with Crippen LogP contribution >= 0.6 is 23.4 Å². The molecule has 0 aliphatic heterocycles. The van der Waals surface area contributed by atoms with Crippen LogP contribution in [-0.4, -0.2) is 31.3 Å². The van der Waals surface area contributed by atoms with Crippen molar-refractivity contribution in [3.8, 4) is 5.75 Å². The number of carbonyl (C=O) groups is 1. The Bertz CT molecular complexity index is 1090. The fourth-order valence-electron chi connectivity index (χ4n) is 2.73. The number of amides is 1. The maximum absolute atomic E-state index is 12.2. The van der Waals surface area contributed by atoms with Crippen molar-refractivity contribution in [3.05, 3.63) is 68.5 Å². The lowest BCUT2D eigenvalue weighted by atomic mass is 10.1. The number of ether oxygens (including phenoxy) is 1. The van der Waals surface area contributed by atoms with E-state index >= 15 is 0 Å². The van der Waals surface area contributed by atoms with Crippen LogP contribution in [0.15, 0.2) is 41.6 Å². The van der Waals surface area contributed by atoms with Gasteiger partial charge < -0.3 is 14.6 Å². The number of non-ortho nitro benzene ring substituents is 1. The lowest BCUT2D eigenvalue weighted by Crippen LogP contribution is -2.14. The number of carbonyl (C=O) groups excluding carboxylic acids is 1. The first-order valence-corrected chi connectivity index (χ1v) is 10.6. The molecule has 0 bridgehead atoms. The van der Waals surface area contributed by atoms with E-state index < -0.39 is 4.92 Å². The number of hydrogen-bond donors (Lipinski definition) is 1. The van der Waals surface area contributed by atoms with Gasteiger partial charge in [0, 0.05) is 29.9 Å². The molecule has 0 saturated carbocycles. The SMILES string of the molecule is Cc1cc(OCc2nnc(SCC(=O)Nc3ccc([N+](=O)[O-])cc3)n2C)cc(C)c1Cl. The van der Waals surface area contributed by atoms with Crippen LogP contribution in [-0.2, 0) is 18.4 Å². The minimum Gasteiger partial charge on any atom is -0.486 e. The number of nitrogens with one attached hydrogen (secondary N) is 1. The Morgan fingerprint density at radius 3 is 2.48 bits per heavy atom. The molecule has 0 spiro atoms. The fourth-order valence-corrected chi connectivity index (χ4v) is 3.57. The Hall–Kier alpha value is -3.11. The van der Waals surface area contributed by atoms with E-state index in [0.29, 0.717) is 22.4 Å². The summed E-state index contributed by atoms with van der Waals surface area (Å²) in [5.74, 6) is 1.16. The third-order valence-electron chi connectivity index (χ3n) is 4.40. The van der Waals surface area contributed by atoms with Crippen LogP contribution in [0.5, 0.6) is 5.75 Å². The number of nitrogens with zero attached hydrogens (tertiary/aromatic N) is 4. The summed E-state index contributed by atoms with van der Waals surface area (Å²) in [6, 6.07) is 9.37. The first-order valence-electron chi connectivity index (χ1n) is 9.19. The molecular weight excluding hydrogens is 442 g/mol. The molecule has 0 aliphatic carbocycles. The van der Waals surface area contributed by atoms with E-state index in [1.807, 2.05) is 26.0 Å². The molecule has 1 heterocycles. The fraction of sp³-hybridized carbons (Fsp3) is 0.250. The van der Waals surface area contributed by atoms with Gasteiger partial charge in [-0.15, -0.1) is 10.2 Å². The molecule has 3 aromatic rings. The molecule has 1 aromatic heterocycles. The summed E-state index contributed by atoms with van der Waals surface area (Å²) >= 11 is 7.41. The van der Waals surface area contributed by atoms with Crippen LogP contribution in [0.2, 0.25) is 5.02 Å². The van der Waals surface area contributed by atoms with Crippen molar-refractivity contribution >= 4 is 40.6 Å². The second-order valence-corrected chi connectivity index (χ2v) is 8.08. The molecule has 9 nitrogen and oxygen atoms in total. The first kappa shape index (κ1) is 22.6. The van der Waals surface area contributed by atoms with Crippen molar-refractivity contribution in [3.63, 3.8) is 0 Å². The minimum absolute atomic E-state index is 0.0369. The number of anilines is 1. The number of nitro groups is 1. The number of hydrogen-bond acceptors (Lipinski definition) is 7. The molecule has 3 rings (SSSR count). The van der Waals surface area contributed by atoms with E-state index in [1.54, 1.807) is 11.6 Å². The number of rotatable bonds is 8. The molecule has 2 aromatic carbocycles. The zero-order chi connectivity index (χ0) is 22.5. The zero-order valence-corrected chi connectivity index (χ0v) is 18.7. The highest BCUT2D eigenvalue weighted by molar-refractivity contribution is 7.99. The number of aryl methyl sites for hydroxylation is 2. The van der Waals surface area contributed by atoms with Gasteiger partial charge >= 0.3 is 0 Å². The first-order chi connectivity index (χ1) is 14.7. The van der Waals surface area contributed by atoms with Gasteiger partial charge in [0.1, 0.15) is 12.4 Å². The second kappa shape index (κ2) is 9.80. The lowest BCUT2D eigenvalue weighted by Gasteiger charge is -2.10. The lowest BCUT2D eigenvalue weighted by molar-refractivity contribution is -0.384. The molecule has 0 aliphatic rings. The molecule has 31 heavy (non-hydrogen) atoms. The topological polar surface area (TPSA) is 112 Å². The Balaban J connectivity index is 1.54. The number of halogens is 1. The van der Waals surface area contributed by atoms with Gasteiger partial charge in [-0.3, -0.25) is 14.9 Å². The maximum atomic E-state index is 12.2. The van der Waals surface area contributed by atoms with E-state index in [9.17, 15) is 14.9 Å². The van der Waals surface area contributed by atoms with Crippen LogP contribution in [0.3, 0.4) is 0 Å². The molecule has 1 N–H and O–H groups in total. The number of nitro benzene ring substituents is 1. The van der Waals surface area contributed by atoms with Gasteiger partial charge in [0.05, 0.1) is 10.7 Å². The molecule has 162 valence electrons. The van der Waals surface area contributed by atoms with Gasteiger partial charge in [0.15, 0.2) is 11.0 Å². The van der Waals surface area contributed by atoms with Crippen LogP contribution in [0.4, 0.5) is 11.4 Å². The van der Waals surface area contributed by atoms with Crippen molar-refractivity contribution in [1.29, 1.82) is 0 Å². The van der Waals surface area contributed by atoms with Crippen molar-refractivity contribution < 1.29 is 14.5 Å². The van der Waals surface area contributed by atoms with Crippen molar-refractivity contribution in [2.24, 2.45) is 7.05 Å². The summed E-state index contributed by atoms with van der Waals surface area (Å²) in [5.41, 5.74) is 2.32. The van der Waals surface area contributed by atoms with Gasteiger partial charge in [-0.25, -0.2) is 0 Å². The predicted octanol–water partition coefficient (Wildman–Crippen LogP) is 4.30. The highest BCUT2D eigenvalue weighted by Gasteiger charge is 2.13. The van der Waals surface area contributed by atoms with E-state index in [-0.39, 0.29) is 24.0 Å². The van der Waals surface area contributed by atoms with E-state index in [0.717, 1.165) is 16.1 Å². The van der Waals surface area contributed by atoms with E-state index in [4.69, 9.17) is 16.3 Å². The van der Waals surface area contributed by atoms with Crippen molar-refractivity contribution in [2.45, 2.75) is 25.6 Å². The molecule has 0 unspecified atom stereocenters.